The third kappa shape index (κ3) is 3.96. The quantitative estimate of drug-likeness (QED) is 0.536. The lowest BCUT2D eigenvalue weighted by Crippen LogP contribution is -2.13. The summed E-state index contributed by atoms with van der Waals surface area (Å²) < 4.78 is 7.10. The minimum atomic E-state index is -0.157. The molecule has 3 aromatic carbocycles. The molecule has 0 fully saturated rings. The third-order valence-electron chi connectivity index (χ3n) is 4.89. The Morgan fingerprint density at radius 3 is 2.76 bits per heavy atom. The number of aromatic nitrogens is 3. The summed E-state index contributed by atoms with van der Waals surface area (Å²) in [7, 11) is 1.65. The van der Waals surface area contributed by atoms with Crippen LogP contribution in [0.2, 0.25) is 0 Å². The standard InChI is InChI=1S/C23H22N4O2/c1-3-17-8-4-5-10-20(17)24-23(28)18-11-12-22-21(14-18)25-26-27(22)15-16-7-6-9-19(13-16)29-2/h4-14H,3,15H2,1-2H3,(H,24,28). The molecule has 0 aliphatic heterocycles. The number of aryl methyl sites for hydroxylation is 1. The van der Waals surface area contributed by atoms with E-state index in [-0.39, 0.29) is 5.91 Å². The zero-order valence-electron chi connectivity index (χ0n) is 16.4. The molecule has 0 unspecified atom stereocenters. The Kier molecular flexibility index (Phi) is 5.24. The van der Waals surface area contributed by atoms with E-state index in [4.69, 9.17) is 4.74 Å². The monoisotopic (exact) mass is 386 g/mol. The van der Waals surface area contributed by atoms with Gasteiger partial charge < -0.3 is 10.1 Å². The molecule has 6 nitrogen and oxygen atoms in total. The average molecular weight is 386 g/mol. The lowest BCUT2D eigenvalue weighted by atomic mass is 10.1. The number of amides is 1. The van der Waals surface area contributed by atoms with E-state index >= 15 is 0 Å². The van der Waals surface area contributed by atoms with Gasteiger partial charge in [-0.2, -0.15) is 0 Å². The Morgan fingerprint density at radius 1 is 1.07 bits per heavy atom. The van der Waals surface area contributed by atoms with Gasteiger partial charge in [0.05, 0.1) is 19.2 Å². The molecule has 0 radical (unpaired) electrons. The van der Waals surface area contributed by atoms with Crippen LogP contribution in [0.25, 0.3) is 11.0 Å². The van der Waals surface area contributed by atoms with E-state index in [0.717, 1.165) is 34.5 Å². The van der Waals surface area contributed by atoms with Crippen molar-refractivity contribution < 1.29 is 9.53 Å². The zero-order chi connectivity index (χ0) is 20.2. The first-order valence-electron chi connectivity index (χ1n) is 9.53. The second-order valence-electron chi connectivity index (χ2n) is 6.77. The summed E-state index contributed by atoms with van der Waals surface area (Å²) in [6, 6.07) is 21.1. The number of anilines is 1. The number of methoxy groups -OCH3 is 1. The largest absolute Gasteiger partial charge is 0.497 e. The summed E-state index contributed by atoms with van der Waals surface area (Å²) >= 11 is 0. The van der Waals surface area contributed by atoms with Crippen LogP contribution in [0, 0.1) is 0 Å². The van der Waals surface area contributed by atoms with Gasteiger partial charge in [0.2, 0.25) is 0 Å². The average Bonchev–Trinajstić information content (AvgIpc) is 3.16. The molecule has 0 bridgehead atoms. The number of nitrogens with one attached hydrogen (secondary N) is 1. The van der Waals surface area contributed by atoms with Gasteiger partial charge in [0, 0.05) is 11.3 Å². The minimum absolute atomic E-state index is 0.157. The van der Waals surface area contributed by atoms with Gasteiger partial charge in [-0.25, -0.2) is 4.68 Å². The maximum absolute atomic E-state index is 12.7. The number of nitrogens with zero attached hydrogens (tertiary/aromatic N) is 3. The minimum Gasteiger partial charge on any atom is -0.497 e. The van der Waals surface area contributed by atoms with Gasteiger partial charge in [-0.3, -0.25) is 4.79 Å². The predicted molar refractivity (Wildman–Crippen MR) is 113 cm³/mol. The molecule has 0 spiro atoms. The van der Waals surface area contributed by atoms with Crippen LogP contribution in [-0.2, 0) is 13.0 Å². The second-order valence-corrected chi connectivity index (χ2v) is 6.77. The van der Waals surface area contributed by atoms with E-state index in [1.165, 1.54) is 0 Å². The van der Waals surface area contributed by atoms with Crippen molar-refractivity contribution in [1.82, 2.24) is 15.0 Å². The Labute approximate surface area is 169 Å². The van der Waals surface area contributed by atoms with E-state index in [1.54, 1.807) is 19.2 Å². The van der Waals surface area contributed by atoms with Crippen molar-refractivity contribution in [1.29, 1.82) is 0 Å². The summed E-state index contributed by atoms with van der Waals surface area (Å²) in [4.78, 5) is 12.7. The van der Waals surface area contributed by atoms with E-state index in [9.17, 15) is 4.79 Å². The number of fused-ring (bicyclic) bond motifs is 1. The summed E-state index contributed by atoms with van der Waals surface area (Å²) in [5.74, 6) is 0.647. The molecule has 4 rings (SSSR count). The molecule has 29 heavy (non-hydrogen) atoms. The van der Waals surface area contributed by atoms with Crippen molar-refractivity contribution in [2.24, 2.45) is 0 Å². The van der Waals surface area contributed by atoms with Crippen molar-refractivity contribution in [2.45, 2.75) is 19.9 Å². The van der Waals surface area contributed by atoms with Gasteiger partial charge in [0.25, 0.3) is 5.91 Å². The lowest BCUT2D eigenvalue weighted by Gasteiger charge is -2.10. The molecule has 1 N–H and O–H groups in total. The van der Waals surface area contributed by atoms with Gasteiger partial charge in [0.15, 0.2) is 0 Å². The van der Waals surface area contributed by atoms with Crippen LogP contribution in [0.15, 0.2) is 66.7 Å². The second kappa shape index (κ2) is 8.14. The van der Waals surface area contributed by atoms with Crippen molar-refractivity contribution >= 4 is 22.6 Å². The van der Waals surface area contributed by atoms with E-state index in [0.29, 0.717) is 17.6 Å². The summed E-state index contributed by atoms with van der Waals surface area (Å²) in [5.41, 5.74) is 5.11. The van der Waals surface area contributed by atoms with Crippen LogP contribution >= 0.6 is 0 Å². The first-order valence-corrected chi connectivity index (χ1v) is 9.53. The number of carbonyl (C=O) groups excluding carboxylic acids is 1. The van der Waals surface area contributed by atoms with Crippen LogP contribution in [-0.4, -0.2) is 28.0 Å². The molecule has 6 heteroatoms. The van der Waals surface area contributed by atoms with Crippen molar-refractivity contribution in [3.05, 3.63) is 83.4 Å². The summed E-state index contributed by atoms with van der Waals surface area (Å²) in [5, 5.41) is 11.5. The highest BCUT2D eigenvalue weighted by Gasteiger charge is 2.12. The summed E-state index contributed by atoms with van der Waals surface area (Å²) in [6.45, 7) is 2.64. The number of ether oxygens (including phenoxy) is 1. The van der Waals surface area contributed by atoms with Crippen LogP contribution in [0.4, 0.5) is 5.69 Å². The normalized spacial score (nSPS) is 10.8. The number of carbonyl (C=O) groups is 1. The number of hydrogen-bond donors (Lipinski definition) is 1. The molecule has 0 saturated carbocycles. The fourth-order valence-electron chi connectivity index (χ4n) is 3.32. The number of benzene rings is 3. The molecular weight excluding hydrogens is 364 g/mol. The van der Waals surface area contributed by atoms with Gasteiger partial charge in [0.1, 0.15) is 11.3 Å². The van der Waals surface area contributed by atoms with Crippen molar-refractivity contribution in [3.8, 4) is 5.75 Å². The van der Waals surface area contributed by atoms with Crippen LogP contribution < -0.4 is 10.1 Å². The molecule has 0 saturated heterocycles. The molecule has 0 aliphatic rings. The molecule has 0 aliphatic carbocycles. The molecule has 1 amide bonds. The van der Waals surface area contributed by atoms with Gasteiger partial charge in [-0.15, -0.1) is 5.10 Å². The van der Waals surface area contributed by atoms with E-state index in [2.05, 4.69) is 22.6 Å². The molecular formula is C23H22N4O2. The van der Waals surface area contributed by atoms with Gasteiger partial charge in [-0.1, -0.05) is 42.5 Å². The van der Waals surface area contributed by atoms with Gasteiger partial charge in [-0.05, 0) is 53.9 Å². The fraction of sp³-hybridized carbons (Fsp3) is 0.174. The Bertz CT molecular complexity index is 1170. The van der Waals surface area contributed by atoms with Crippen LogP contribution in [0.3, 0.4) is 0 Å². The first kappa shape index (κ1) is 18.7. The highest BCUT2D eigenvalue weighted by atomic mass is 16.5. The highest BCUT2D eigenvalue weighted by molar-refractivity contribution is 6.06. The zero-order valence-corrected chi connectivity index (χ0v) is 16.4. The van der Waals surface area contributed by atoms with Crippen LogP contribution in [0.1, 0.15) is 28.4 Å². The van der Waals surface area contributed by atoms with Crippen molar-refractivity contribution in [2.75, 3.05) is 12.4 Å². The number of rotatable bonds is 6. The van der Waals surface area contributed by atoms with E-state index < -0.39 is 0 Å². The molecule has 0 atom stereocenters. The Morgan fingerprint density at radius 2 is 1.93 bits per heavy atom. The molecule has 1 aromatic heterocycles. The smallest absolute Gasteiger partial charge is 0.255 e. The van der Waals surface area contributed by atoms with Gasteiger partial charge >= 0.3 is 0 Å². The topological polar surface area (TPSA) is 69.0 Å². The molecule has 146 valence electrons. The maximum Gasteiger partial charge on any atom is 0.255 e. The van der Waals surface area contributed by atoms with E-state index in [1.807, 2.05) is 59.3 Å². The van der Waals surface area contributed by atoms with Crippen LogP contribution in [0.5, 0.6) is 5.75 Å². The predicted octanol–water partition coefficient (Wildman–Crippen LogP) is 4.30. The third-order valence-corrected chi connectivity index (χ3v) is 4.89. The summed E-state index contributed by atoms with van der Waals surface area (Å²) in [6.07, 6.45) is 0.855. The highest BCUT2D eigenvalue weighted by Crippen LogP contribution is 2.20. The lowest BCUT2D eigenvalue weighted by molar-refractivity contribution is 0.102. The number of para-hydroxylation sites is 1. The Balaban J connectivity index is 1.56. The fourth-order valence-corrected chi connectivity index (χ4v) is 3.32. The van der Waals surface area contributed by atoms with Crippen molar-refractivity contribution in [3.63, 3.8) is 0 Å². The molecule has 1 heterocycles. The number of hydrogen-bond acceptors (Lipinski definition) is 4. The molecule has 4 aromatic rings. The SMILES string of the molecule is CCc1ccccc1NC(=O)c1ccc2c(c1)nnn2Cc1cccc(OC)c1. The maximum atomic E-state index is 12.7. The Hall–Kier alpha value is -3.67. The first-order chi connectivity index (χ1) is 14.2.